The van der Waals surface area contributed by atoms with E-state index in [2.05, 4.69) is 29.2 Å². The average Bonchev–Trinajstić information content (AvgIpc) is 3.19. The molecule has 0 radical (unpaired) electrons. The zero-order valence-electron chi connectivity index (χ0n) is 16.6. The summed E-state index contributed by atoms with van der Waals surface area (Å²) in [4.78, 5) is 14.7. The van der Waals surface area contributed by atoms with Crippen LogP contribution in [0.4, 0.5) is 0 Å². The lowest BCUT2D eigenvalue weighted by atomic mass is 9.77. The first-order valence-corrected chi connectivity index (χ1v) is 11.0. The molecule has 3 unspecified atom stereocenters. The lowest BCUT2D eigenvalue weighted by Gasteiger charge is -2.34. The Kier molecular flexibility index (Phi) is 5.74. The largest absolute Gasteiger partial charge is 0.368 e. The summed E-state index contributed by atoms with van der Waals surface area (Å²) in [6.45, 7) is 0.949. The Bertz CT molecular complexity index is 718. The van der Waals surface area contributed by atoms with E-state index in [1.165, 1.54) is 43.2 Å². The van der Waals surface area contributed by atoms with Gasteiger partial charge < -0.3 is 10.5 Å². The molecule has 5 rings (SSSR count). The first kappa shape index (κ1) is 20.2. The molecule has 0 bridgehead atoms. The van der Waals surface area contributed by atoms with E-state index in [4.69, 9.17) is 10.5 Å². The number of halogens is 1. The van der Waals surface area contributed by atoms with E-state index >= 15 is 0 Å². The van der Waals surface area contributed by atoms with Crippen molar-refractivity contribution in [3.8, 4) is 0 Å². The molecule has 2 saturated heterocycles. The van der Waals surface area contributed by atoms with Gasteiger partial charge in [-0.05, 0) is 67.9 Å². The molecule has 4 atom stereocenters. The summed E-state index contributed by atoms with van der Waals surface area (Å²) in [5.41, 5.74) is 9.00. The molecule has 0 aromatic heterocycles. The molecule has 3 fully saturated rings. The van der Waals surface area contributed by atoms with Crippen molar-refractivity contribution in [2.75, 3.05) is 6.54 Å². The Labute approximate surface area is 174 Å². The molecule has 2 N–H and O–H groups in total. The van der Waals surface area contributed by atoms with Gasteiger partial charge in [0.15, 0.2) is 0 Å². The van der Waals surface area contributed by atoms with Gasteiger partial charge in [0.05, 0.1) is 12.1 Å². The molecule has 4 aliphatic rings. The minimum Gasteiger partial charge on any atom is -0.368 e. The molecule has 2 aliphatic heterocycles. The predicted octanol–water partition coefficient (Wildman–Crippen LogP) is 4.15. The van der Waals surface area contributed by atoms with Gasteiger partial charge in [-0.1, -0.05) is 37.1 Å². The monoisotopic (exact) mass is 404 g/mol. The quantitative estimate of drug-likeness (QED) is 0.805. The molecular weight excluding hydrogens is 372 g/mol. The Morgan fingerprint density at radius 1 is 1.11 bits per heavy atom. The van der Waals surface area contributed by atoms with Crippen LogP contribution in [0.5, 0.6) is 0 Å². The number of hydrogen-bond acceptors (Lipinski definition) is 3. The maximum atomic E-state index is 12.4. The van der Waals surface area contributed by atoms with Crippen molar-refractivity contribution in [1.82, 2.24) is 4.90 Å². The Hall–Kier alpha value is -1.10. The molecular formula is C23H33ClN2O2. The van der Waals surface area contributed by atoms with E-state index in [0.29, 0.717) is 5.92 Å². The van der Waals surface area contributed by atoms with Gasteiger partial charge in [-0.15, -0.1) is 12.4 Å². The Morgan fingerprint density at radius 2 is 1.89 bits per heavy atom. The third-order valence-electron chi connectivity index (χ3n) is 7.83. The van der Waals surface area contributed by atoms with Crippen LogP contribution >= 0.6 is 12.4 Å². The van der Waals surface area contributed by atoms with E-state index in [1.54, 1.807) is 0 Å². The fourth-order valence-electron chi connectivity index (χ4n) is 6.73. The van der Waals surface area contributed by atoms with E-state index in [0.717, 1.165) is 38.6 Å². The van der Waals surface area contributed by atoms with Crippen LogP contribution in [0.2, 0.25) is 0 Å². The number of primary amides is 1. The fraction of sp³-hybridized carbons (Fsp3) is 0.696. The number of aryl methyl sites for hydroxylation is 1. The standard InChI is InChI=1S/C23H32N2O2.ClH/c24-22(26)21-23(12-3-4-13-23)15-20-25(21)14-6-11-19(27-20)18-10-5-8-16-7-1-2-9-17(16)18;/h1-2,7,9,18-21H,3-6,8,10-15H2,(H2,24,26);1H/t18-,19?,20?,21?;/m1./s1. The summed E-state index contributed by atoms with van der Waals surface area (Å²) in [6.07, 6.45) is 11.9. The van der Waals surface area contributed by atoms with Gasteiger partial charge in [-0.25, -0.2) is 0 Å². The van der Waals surface area contributed by atoms with E-state index < -0.39 is 0 Å². The zero-order valence-corrected chi connectivity index (χ0v) is 17.5. The van der Waals surface area contributed by atoms with Crippen LogP contribution in [0, 0.1) is 5.41 Å². The third kappa shape index (κ3) is 3.28. The van der Waals surface area contributed by atoms with Crippen molar-refractivity contribution in [2.45, 2.75) is 88.5 Å². The first-order valence-electron chi connectivity index (χ1n) is 11.0. The van der Waals surface area contributed by atoms with Gasteiger partial charge >= 0.3 is 0 Å². The SMILES string of the molecule is Cl.NC(=O)C1N2CCCC([C@@H]3CCCc4ccccc43)OC2CC12CCCC2. The van der Waals surface area contributed by atoms with Gasteiger partial charge in [0.1, 0.15) is 6.23 Å². The number of nitrogens with two attached hydrogens (primary N) is 1. The molecule has 1 amide bonds. The highest BCUT2D eigenvalue weighted by atomic mass is 35.5. The van der Waals surface area contributed by atoms with Gasteiger partial charge in [0.25, 0.3) is 0 Å². The van der Waals surface area contributed by atoms with Gasteiger partial charge in [0.2, 0.25) is 5.91 Å². The molecule has 2 aliphatic carbocycles. The summed E-state index contributed by atoms with van der Waals surface area (Å²) in [5, 5.41) is 0. The number of ether oxygens (including phenoxy) is 1. The van der Waals surface area contributed by atoms with Crippen molar-refractivity contribution >= 4 is 18.3 Å². The number of hydrogen-bond donors (Lipinski definition) is 1. The summed E-state index contributed by atoms with van der Waals surface area (Å²) in [5.74, 6) is 0.367. The lowest BCUT2D eigenvalue weighted by Crippen LogP contribution is -2.49. The second-order valence-electron chi connectivity index (χ2n) is 9.29. The first-order chi connectivity index (χ1) is 13.2. The summed E-state index contributed by atoms with van der Waals surface area (Å²) in [7, 11) is 0. The van der Waals surface area contributed by atoms with E-state index in [1.807, 2.05) is 0 Å². The maximum absolute atomic E-state index is 12.4. The average molecular weight is 405 g/mol. The number of benzene rings is 1. The van der Waals surface area contributed by atoms with Crippen molar-refractivity contribution in [2.24, 2.45) is 11.1 Å². The van der Waals surface area contributed by atoms with E-state index in [9.17, 15) is 4.79 Å². The van der Waals surface area contributed by atoms with E-state index in [-0.39, 0.29) is 42.1 Å². The summed E-state index contributed by atoms with van der Waals surface area (Å²) >= 11 is 0. The molecule has 28 heavy (non-hydrogen) atoms. The number of carbonyl (C=O) groups is 1. The van der Waals surface area contributed by atoms with Crippen LogP contribution in [0.3, 0.4) is 0 Å². The molecule has 154 valence electrons. The van der Waals surface area contributed by atoms with Gasteiger partial charge in [-0.3, -0.25) is 9.69 Å². The number of amides is 1. The number of carbonyl (C=O) groups excluding carboxylic acids is 1. The maximum Gasteiger partial charge on any atom is 0.235 e. The van der Waals surface area contributed by atoms with Crippen LogP contribution in [0.15, 0.2) is 24.3 Å². The van der Waals surface area contributed by atoms with Crippen LogP contribution < -0.4 is 5.73 Å². The summed E-state index contributed by atoms with van der Waals surface area (Å²) in [6, 6.07) is 8.81. The lowest BCUT2D eigenvalue weighted by molar-refractivity contribution is -0.130. The number of nitrogens with zero attached hydrogens (tertiary/aromatic N) is 1. The minimum atomic E-state index is -0.135. The fourth-order valence-corrected chi connectivity index (χ4v) is 6.73. The molecule has 1 aromatic carbocycles. The Balaban J connectivity index is 0.00000192. The molecule has 1 spiro atoms. The van der Waals surface area contributed by atoms with Crippen molar-refractivity contribution < 1.29 is 9.53 Å². The predicted molar refractivity (Wildman–Crippen MR) is 112 cm³/mol. The highest BCUT2D eigenvalue weighted by Gasteiger charge is 2.57. The molecule has 1 aromatic rings. The second kappa shape index (κ2) is 7.97. The topological polar surface area (TPSA) is 55.6 Å². The van der Waals surface area contributed by atoms with Crippen LogP contribution in [-0.4, -0.2) is 35.7 Å². The van der Waals surface area contributed by atoms with Crippen molar-refractivity contribution in [1.29, 1.82) is 0 Å². The second-order valence-corrected chi connectivity index (χ2v) is 9.29. The van der Waals surface area contributed by atoms with Crippen LogP contribution in [-0.2, 0) is 16.0 Å². The highest BCUT2D eigenvalue weighted by molar-refractivity contribution is 5.85. The van der Waals surface area contributed by atoms with Gasteiger partial charge in [-0.2, -0.15) is 0 Å². The highest BCUT2D eigenvalue weighted by Crippen LogP contribution is 2.53. The van der Waals surface area contributed by atoms with Crippen molar-refractivity contribution in [3.05, 3.63) is 35.4 Å². The van der Waals surface area contributed by atoms with Crippen LogP contribution in [0.25, 0.3) is 0 Å². The summed E-state index contributed by atoms with van der Waals surface area (Å²) < 4.78 is 6.82. The minimum absolute atomic E-state index is 0. The molecule has 2 heterocycles. The molecule has 5 heteroatoms. The Morgan fingerprint density at radius 3 is 2.68 bits per heavy atom. The van der Waals surface area contributed by atoms with Gasteiger partial charge in [0, 0.05) is 12.5 Å². The van der Waals surface area contributed by atoms with Crippen molar-refractivity contribution in [3.63, 3.8) is 0 Å². The zero-order chi connectivity index (χ0) is 18.4. The molecule has 4 nitrogen and oxygen atoms in total. The normalized spacial score (nSPS) is 34.3. The van der Waals surface area contributed by atoms with Crippen LogP contribution in [0.1, 0.15) is 74.8 Å². The number of fused-ring (bicyclic) bond motifs is 2. The smallest absolute Gasteiger partial charge is 0.235 e. The third-order valence-corrected chi connectivity index (χ3v) is 7.83. The number of rotatable bonds is 2. The molecule has 1 saturated carbocycles.